The molecular formula is C11H23NO2. The van der Waals surface area contributed by atoms with Crippen LogP contribution in [0.25, 0.3) is 0 Å². The van der Waals surface area contributed by atoms with Gasteiger partial charge in [-0.25, -0.2) is 0 Å². The molecule has 0 aromatic rings. The molecule has 84 valence electrons. The maximum atomic E-state index is 8.90. The second kappa shape index (κ2) is 6.38. The Morgan fingerprint density at radius 2 is 2.36 bits per heavy atom. The van der Waals surface area contributed by atoms with Gasteiger partial charge in [-0.3, -0.25) is 0 Å². The zero-order chi connectivity index (χ0) is 10.4. The number of nitrogens with one attached hydrogen (secondary N) is 1. The highest BCUT2D eigenvalue weighted by molar-refractivity contribution is 4.76. The molecule has 1 aliphatic rings. The van der Waals surface area contributed by atoms with Gasteiger partial charge >= 0.3 is 0 Å². The molecule has 14 heavy (non-hydrogen) atoms. The van der Waals surface area contributed by atoms with Crippen LogP contribution in [-0.2, 0) is 4.74 Å². The van der Waals surface area contributed by atoms with Crippen LogP contribution in [0.1, 0.15) is 33.1 Å². The van der Waals surface area contributed by atoms with Gasteiger partial charge in [0.25, 0.3) is 0 Å². The second-order valence-electron chi connectivity index (χ2n) is 4.32. The quantitative estimate of drug-likeness (QED) is 0.701. The molecule has 3 unspecified atom stereocenters. The lowest BCUT2D eigenvalue weighted by molar-refractivity contribution is -0.000815. The van der Waals surface area contributed by atoms with Gasteiger partial charge in [-0.05, 0) is 25.2 Å². The minimum Gasteiger partial charge on any atom is -0.396 e. The zero-order valence-electron chi connectivity index (χ0n) is 9.33. The summed E-state index contributed by atoms with van der Waals surface area (Å²) in [5.41, 5.74) is 0. The molecular weight excluding hydrogens is 178 g/mol. The Labute approximate surface area is 86.8 Å². The smallest absolute Gasteiger partial charge is 0.0587 e. The normalized spacial score (nSPS) is 30.2. The minimum atomic E-state index is 0.271. The molecule has 0 aromatic carbocycles. The number of aliphatic hydroxyl groups excluding tert-OH is 1. The molecule has 1 saturated heterocycles. The van der Waals surface area contributed by atoms with E-state index in [0.717, 1.165) is 32.4 Å². The van der Waals surface area contributed by atoms with Crippen molar-refractivity contribution < 1.29 is 9.84 Å². The van der Waals surface area contributed by atoms with E-state index >= 15 is 0 Å². The van der Waals surface area contributed by atoms with Gasteiger partial charge < -0.3 is 15.2 Å². The summed E-state index contributed by atoms with van der Waals surface area (Å²) in [6, 6.07) is 0.586. The van der Waals surface area contributed by atoms with Crippen molar-refractivity contribution in [1.29, 1.82) is 0 Å². The summed E-state index contributed by atoms with van der Waals surface area (Å²) in [5, 5.41) is 12.4. The van der Waals surface area contributed by atoms with Crippen LogP contribution in [0.2, 0.25) is 0 Å². The Bertz CT molecular complexity index is 152. The van der Waals surface area contributed by atoms with E-state index in [1.165, 1.54) is 0 Å². The molecule has 0 radical (unpaired) electrons. The first-order valence-corrected chi connectivity index (χ1v) is 5.72. The summed E-state index contributed by atoms with van der Waals surface area (Å²) in [7, 11) is 0. The van der Waals surface area contributed by atoms with E-state index in [-0.39, 0.29) is 6.61 Å². The second-order valence-corrected chi connectivity index (χ2v) is 4.32. The van der Waals surface area contributed by atoms with Gasteiger partial charge in [0.2, 0.25) is 0 Å². The Hall–Kier alpha value is -0.120. The van der Waals surface area contributed by atoms with Gasteiger partial charge in [-0.2, -0.15) is 0 Å². The Morgan fingerprint density at radius 1 is 1.57 bits per heavy atom. The summed E-state index contributed by atoms with van der Waals surface area (Å²) in [6.45, 7) is 6.29. The molecule has 0 saturated carbocycles. The largest absolute Gasteiger partial charge is 0.396 e. The number of hydrogen-bond acceptors (Lipinski definition) is 3. The highest BCUT2D eigenvalue weighted by Gasteiger charge is 2.20. The molecule has 1 rings (SSSR count). The molecule has 0 aromatic heterocycles. The third kappa shape index (κ3) is 3.95. The Kier molecular flexibility index (Phi) is 5.45. The monoisotopic (exact) mass is 201 g/mol. The summed E-state index contributed by atoms with van der Waals surface area (Å²) >= 11 is 0. The molecule has 1 fully saturated rings. The van der Waals surface area contributed by atoms with E-state index in [1.807, 2.05) is 0 Å². The first-order chi connectivity index (χ1) is 6.76. The van der Waals surface area contributed by atoms with Gasteiger partial charge in [0, 0.05) is 25.8 Å². The van der Waals surface area contributed by atoms with Crippen molar-refractivity contribution >= 4 is 0 Å². The van der Waals surface area contributed by atoms with Crippen LogP contribution in [0.3, 0.4) is 0 Å². The fraction of sp³-hybridized carbons (Fsp3) is 1.00. The van der Waals surface area contributed by atoms with Crippen molar-refractivity contribution in [3.8, 4) is 0 Å². The third-order valence-corrected chi connectivity index (χ3v) is 2.89. The predicted molar refractivity (Wildman–Crippen MR) is 57.3 cm³/mol. The summed E-state index contributed by atoms with van der Waals surface area (Å²) in [5.74, 6) is 0.359. The van der Waals surface area contributed by atoms with Gasteiger partial charge in [-0.15, -0.1) is 0 Å². The minimum absolute atomic E-state index is 0.271. The number of hydrogen-bond donors (Lipinski definition) is 2. The van der Waals surface area contributed by atoms with E-state index in [1.54, 1.807) is 0 Å². The number of rotatable bonds is 5. The van der Waals surface area contributed by atoms with Crippen LogP contribution in [0, 0.1) is 5.92 Å². The fourth-order valence-electron chi connectivity index (χ4n) is 1.78. The van der Waals surface area contributed by atoms with Crippen LogP contribution in [0.15, 0.2) is 0 Å². The average Bonchev–Trinajstić information content (AvgIpc) is 2.26. The summed E-state index contributed by atoms with van der Waals surface area (Å²) in [4.78, 5) is 0. The van der Waals surface area contributed by atoms with Crippen molar-refractivity contribution in [3.05, 3.63) is 0 Å². The van der Waals surface area contributed by atoms with E-state index < -0.39 is 0 Å². The number of aliphatic hydroxyl groups is 1. The number of ether oxygens (including phenoxy) is 1. The van der Waals surface area contributed by atoms with Gasteiger partial charge in [0.1, 0.15) is 0 Å². The zero-order valence-corrected chi connectivity index (χ0v) is 9.33. The van der Waals surface area contributed by atoms with E-state index in [4.69, 9.17) is 9.84 Å². The maximum Gasteiger partial charge on any atom is 0.0587 e. The predicted octanol–water partition coefficient (Wildman–Crippen LogP) is 1.16. The van der Waals surface area contributed by atoms with Crippen LogP contribution < -0.4 is 5.32 Å². The molecule has 1 heterocycles. The fourth-order valence-corrected chi connectivity index (χ4v) is 1.78. The van der Waals surface area contributed by atoms with Gasteiger partial charge in [0.15, 0.2) is 0 Å². The summed E-state index contributed by atoms with van der Waals surface area (Å²) in [6.07, 6.45) is 3.77. The van der Waals surface area contributed by atoms with Crippen molar-refractivity contribution in [3.63, 3.8) is 0 Å². The first kappa shape index (κ1) is 12.0. The Morgan fingerprint density at radius 3 is 3.00 bits per heavy atom. The van der Waals surface area contributed by atoms with Crippen LogP contribution in [-0.4, -0.2) is 37.0 Å². The topological polar surface area (TPSA) is 41.5 Å². The van der Waals surface area contributed by atoms with Crippen LogP contribution in [0.5, 0.6) is 0 Å². The first-order valence-electron chi connectivity index (χ1n) is 5.72. The highest BCUT2D eigenvalue weighted by Crippen LogP contribution is 2.16. The molecule has 3 atom stereocenters. The molecule has 0 spiro atoms. The molecule has 0 aliphatic carbocycles. The van der Waals surface area contributed by atoms with E-state index in [2.05, 4.69) is 19.2 Å². The third-order valence-electron chi connectivity index (χ3n) is 2.89. The lowest BCUT2D eigenvalue weighted by atomic mass is 10.0. The lowest BCUT2D eigenvalue weighted by Crippen LogP contribution is -2.40. The van der Waals surface area contributed by atoms with E-state index in [9.17, 15) is 0 Å². The van der Waals surface area contributed by atoms with Crippen molar-refractivity contribution in [2.75, 3.05) is 19.8 Å². The molecule has 3 heteroatoms. The van der Waals surface area contributed by atoms with Crippen molar-refractivity contribution in [1.82, 2.24) is 5.32 Å². The van der Waals surface area contributed by atoms with Gasteiger partial charge in [0.05, 0.1) is 6.10 Å². The molecule has 1 aliphatic heterocycles. The molecule has 2 N–H and O–H groups in total. The Balaban J connectivity index is 2.17. The average molecular weight is 201 g/mol. The molecule has 0 bridgehead atoms. The highest BCUT2D eigenvalue weighted by atomic mass is 16.5. The van der Waals surface area contributed by atoms with Crippen molar-refractivity contribution in [2.24, 2.45) is 5.92 Å². The standard InChI is InChI=1S/C11H23NO2/c1-3-11-6-10(4-5-14-11)12-7-9(2)8-13/h9-13H,3-8H2,1-2H3. The maximum absolute atomic E-state index is 8.90. The van der Waals surface area contributed by atoms with Crippen LogP contribution >= 0.6 is 0 Å². The van der Waals surface area contributed by atoms with Gasteiger partial charge in [-0.1, -0.05) is 13.8 Å². The van der Waals surface area contributed by atoms with Crippen LogP contribution in [0.4, 0.5) is 0 Å². The van der Waals surface area contributed by atoms with E-state index in [0.29, 0.717) is 18.1 Å². The lowest BCUT2D eigenvalue weighted by Gasteiger charge is -2.30. The van der Waals surface area contributed by atoms with Crippen molar-refractivity contribution in [2.45, 2.75) is 45.3 Å². The SMILES string of the molecule is CCC1CC(NCC(C)CO)CCO1. The molecule has 0 amide bonds. The summed E-state index contributed by atoms with van der Waals surface area (Å²) < 4.78 is 5.60. The molecule has 3 nitrogen and oxygen atoms in total.